The van der Waals surface area contributed by atoms with Crippen molar-refractivity contribution >= 4 is 22.3 Å². The van der Waals surface area contributed by atoms with Crippen molar-refractivity contribution in [3.8, 4) is 22.6 Å². The number of nitrogens with one attached hydrogen (secondary N) is 2. The molecular weight excluding hydrogens is 733 g/mol. The van der Waals surface area contributed by atoms with Gasteiger partial charge in [0.15, 0.2) is 0 Å². The van der Waals surface area contributed by atoms with E-state index in [0.717, 1.165) is 57.8 Å². The molecule has 0 radical (unpaired) electrons. The predicted molar refractivity (Wildman–Crippen MR) is 242 cm³/mol. The average Bonchev–Trinajstić information content (AvgIpc) is 3.61. The standard InChI is InChI=1S/C55H42N4O/c1-3-13-35(14-4-1)36-24-26-39(27-25-36)53-57-52(38-15-5-2-6-16-38)58-54(59-53)41-29-31-44-43-30-28-40(42-19-11-17-37-18-12-32-56-51(37)42)33-47(43)55(48(44)34-41)45-20-7-9-22-49(45)60-50-23-10-8-21-46(50)55/h1-24,26,28-34,44,48,53-54,59H,25,27H2,(H,57,58). The summed E-state index contributed by atoms with van der Waals surface area (Å²) in [5.41, 5.74) is 14.1. The molecule has 3 aliphatic carbocycles. The summed E-state index contributed by atoms with van der Waals surface area (Å²) in [6.45, 7) is 0. The summed E-state index contributed by atoms with van der Waals surface area (Å²) in [7, 11) is 0. The summed E-state index contributed by atoms with van der Waals surface area (Å²) < 4.78 is 6.75. The third kappa shape index (κ3) is 5.50. The average molecular weight is 775 g/mol. The molecule has 2 N–H and O–H groups in total. The zero-order valence-corrected chi connectivity index (χ0v) is 33.0. The Morgan fingerprint density at radius 1 is 0.633 bits per heavy atom. The van der Waals surface area contributed by atoms with E-state index in [0.29, 0.717) is 0 Å². The highest BCUT2D eigenvalue weighted by molar-refractivity contribution is 6.00. The molecule has 1 spiro atoms. The summed E-state index contributed by atoms with van der Waals surface area (Å²) in [5, 5.41) is 8.98. The molecule has 0 bridgehead atoms. The lowest BCUT2D eigenvalue weighted by Crippen LogP contribution is -2.56. The maximum Gasteiger partial charge on any atom is 0.131 e. The number of hydrogen-bond acceptors (Lipinski definition) is 5. The van der Waals surface area contributed by atoms with Gasteiger partial charge in [0.2, 0.25) is 0 Å². The summed E-state index contributed by atoms with van der Waals surface area (Å²) in [5.74, 6) is 2.92. The third-order valence-electron chi connectivity index (χ3n) is 13.3. The van der Waals surface area contributed by atoms with Crippen molar-refractivity contribution in [2.45, 2.75) is 36.5 Å². The Bertz CT molecular complexity index is 2940. The third-order valence-corrected chi connectivity index (χ3v) is 13.3. The quantitative estimate of drug-likeness (QED) is 0.183. The molecule has 4 atom stereocenters. The molecule has 3 heterocycles. The van der Waals surface area contributed by atoms with Crippen molar-refractivity contribution in [3.05, 3.63) is 239 Å². The molecule has 5 heteroatoms. The molecule has 6 aromatic carbocycles. The van der Waals surface area contributed by atoms with E-state index in [9.17, 15) is 0 Å². The summed E-state index contributed by atoms with van der Waals surface area (Å²) in [6.07, 6.45) is 15.4. The van der Waals surface area contributed by atoms with E-state index >= 15 is 0 Å². The Hall–Kier alpha value is -7.08. The van der Waals surface area contributed by atoms with Gasteiger partial charge in [-0.1, -0.05) is 164 Å². The lowest BCUT2D eigenvalue weighted by molar-refractivity contribution is 0.369. The van der Waals surface area contributed by atoms with Gasteiger partial charge in [0.25, 0.3) is 0 Å². The largest absolute Gasteiger partial charge is 0.457 e. The number of aliphatic imine (C=N–C) groups is 1. The number of benzene rings is 6. The molecule has 1 aromatic heterocycles. The molecule has 2 aliphatic heterocycles. The Balaban J connectivity index is 1.01. The van der Waals surface area contributed by atoms with Crippen molar-refractivity contribution in [3.63, 3.8) is 0 Å². The molecule has 5 nitrogen and oxygen atoms in total. The van der Waals surface area contributed by atoms with Crippen molar-refractivity contribution in [1.82, 2.24) is 15.6 Å². The normalized spacial score (nSPS) is 21.9. The van der Waals surface area contributed by atoms with Crippen LogP contribution in [-0.2, 0) is 5.41 Å². The number of ether oxygens (including phenoxy) is 1. The highest BCUT2D eigenvalue weighted by Gasteiger charge is 2.57. The summed E-state index contributed by atoms with van der Waals surface area (Å²) >= 11 is 0. The van der Waals surface area contributed by atoms with E-state index in [4.69, 9.17) is 14.7 Å². The Morgan fingerprint density at radius 3 is 2.13 bits per heavy atom. The number of nitrogens with zero attached hydrogens (tertiary/aromatic N) is 2. The van der Waals surface area contributed by atoms with Crippen LogP contribution in [0.4, 0.5) is 0 Å². The number of hydrogen-bond donors (Lipinski definition) is 2. The van der Waals surface area contributed by atoms with E-state index in [1.165, 1.54) is 44.5 Å². The minimum absolute atomic E-state index is 0.0611. The van der Waals surface area contributed by atoms with Crippen LogP contribution in [-0.4, -0.2) is 23.2 Å². The lowest BCUT2D eigenvalue weighted by atomic mass is 9.61. The Labute approximate surface area is 350 Å². The minimum Gasteiger partial charge on any atom is -0.457 e. The SMILES string of the molecule is C1=CC2c3ccc(-c4cccc5cccnc45)cc3C3(c4ccccc4Oc4ccccc43)C2C=C1C1NC(c2ccccc2)=NC(C2=CC=C(c3ccccc3)CC2)N1. The van der Waals surface area contributed by atoms with Crippen LogP contribution in [0.5, 0.6) is 11.5 Å². The van der Waals surface area contributed by atoms with Gasteiger partial charge < -0.3 is 10.1 Å². The summed E-state index contributed by atoms with van der Waals surface area (Å²) in [6, 6.07) is 56.4. The van der Waals surface area contributed by atoms with E-state index < -0.39 is 5.41 Å². The van der Waals surface area contributed by atoms with Crippen LogP contribution in [0.15, 0.2) is 210 Å². The zero-order chi connectivity index (χ0) is 39.6. The lowest BCUT2D eigenvalue weighted by Gasteiger charge is -2.44. The van der Waals surface area contributed by atoms with Crippen LogP contribution >= 0.6 is 0 Å². The summed E-state index contributed by atoms with van der Waals surface area (Å²) in [4.78, 5) is 10.2. The van der Waals surface area contributed by atoms with Gasteiger partial charge in [-0.2, -0.15) is 0 Å². The maximum atomic E-state index is 6.75. The predicted octanol–water partition coefficient (Wildman–Crippen LogP) is 11.6. The maximum absolute atomic E-state index is 6.75. The fraction of sp³-hybridized carbons (Fsp3) is 0.127. The van der Waals surface area contributed by atoms with Gasteiger partial charge in [0.1, 0.15) is 29.7 Å². The fourth-order valence-corrected chi connectivity index (χ4v) is 10.6. The molecule has 5 aliphatic rings. The number of para-hydroxylation sites is 3. The number of aromatic nitrogens is 1. The molecular formula is C55H42N4O. The van der Waals surface area contributed by atoms with Crippen LogP contribution in [0.2, 0.25) is 0 Å². The van der Waals surface area contributed by atoms with Gasteiger partial charge in [0.05, 0.1) is 10.9 Å². The monoisotopic (exact) mass is 774 g/mol. The van der Waals surface area contributed by atoms with Gasteiger partial charge in [-0.05, 0) is 76.1 Å². The first-order chi connectivity index (χ1) is 29.7. The first-order valence-corrected chi connectivity index (χ1v) is 21.1. The molecule has 0 saturated heterocycles. The highest BCUT2D eigenvalue weighted by atomic mass is 16.5. The van der Waals surface area contributed by atoms with Crippen molar-refractivity contribution in [1.29, 1.82) is 0 Å². The molecule has 4 unspecified atom stereocenters. The van der Waals surface area contributed by atoms with Crippen LogP contribution in [0.25, 0.3) is 27.6 Å². The van der Waals surface area contributed by atoms with E-state index in [2.05, 4.69) is 193 Å². The first-order valence-electron chi connectivity index (χ1n) is 21.1. The van der Waals surface area contributed by atoms with Gasteiger partial charge in [-0.15, -0.1) is 0 Å². The van der Waals surface area contributed by atoms with Gasteiger partial charge in [-0.25, -0.2) is 4.99 Å². The number of rotatable bonds is 5. The number of amidine groups is 1. The minimum atomic E-state index is -0.523. The first kappa shape index (κ1) is 34.9. The van der Waals surface area contributed by atoms with Crippen molar-refractivity contribution in [2.24, 2.45) is 10.9 Å². The molecule has 0 amide bonds. The van der Waals surface area contributed by atoms with E-state index in [1.807, 2.05) is 12.3 Å². The second kappa shape index (κ2) is 14.0. The molecule has 288 valence electrons. The number of pyridine rings is 1. The smallest absolute Gasteiger partial charge is 0.131 e. The fourth-order valence-electron chi connectivity index (χ4n) is 10.6. The van der Waals surface area contributed by atoms with Crippen LogP contribution in [0.3, 0.4) is 0 Å². The van der Waals surface area contributed by atoms with Gasteiger partial charge in [0, 0.05) is 45.7 Å². The van der Waals surface area contributed by atoms with E-state index in [-0.39, 0.29) is 24.2 Å². The van der Waals surface area contributed by atoms with Crippen molar-refractivity contribution < 1.29 is 4.74 Å². The molecule has 60 heavy (non-hydrogen) atoms. The topological polar surface area (TPSA) is 58.5 Å². The molecule has 7 aromatic rings. The van der Waals surface area contributed by atoms with Crippen LogP contribution in [0, 0.1) is 5.92 Å². The highest BCUT2D eigenvalue weighted by Crippen LogP contribution is 2.65. The van der Waals surface area contributed by atoms with Crippen LogP contribution in [0.1, 0.15) is 52.1 Å². The molecule has 0 saturated carbocycles. The molecule has 12 rings (SSSR count). The number of fused-ring (bicyclic) bond motifs is 10. The molecule has 0 fully saturated rings. The van der Waals surface area contributed by atoms with Crippen LogP contribution < -0.4 is 15.4 Å². The van der Waals surface area contributed by atoms with E-state index in [1.54, 1.807) is 0 Å². The van der Waals surface area contributed by atoms with Gasteiger partial charge >= 0.3 is 0 Å². The van der Waals surface area contributed by atoms with Crippen molar-refractivity contribution in [2.75, 3.05) is 0 Å². The second-order valence-corrected chi connectivity index (χ2v) is 16.5. The number of allylic oxidation sites excluding steroid dienone is 5. The second-order valence-electron chi connectivity index (χ2n) is 16.5. The van der Waals surface area contributed by atoms with Gasteiger partial charge in [-0.3, -0.25) is 10.3 Å². The Kier molecular flexibility index (Phi) is 8.17. The zero-order valence-electron chi connectivity index (χ0n) is 33.0. The Morgan fingerprint density at radius 2 is 1.37 bits per heavy atom.